The third kappa shape index (κ3) is 2.56. The highest BCUT2D eigenvalue weighted by Crippen LogP contribution is 2.19. The summed E-state index contributed by atoms with van der Waals surface area (Å²) in [4.78, 5) is 22.8. The van der Waals surface area contributed by atoms with Crippen molar-refractivity contribution in [3.8, 4) is 11.4 Å². The van der Waals surface area contributed by atoms with E-state index in [1.165, 1.54) is 6.92 Å². The standard InChI is InChI=1S/C17H13NO3/c1-12(19)21-14-8-6-13(7-9-14)18-11-10-17(20)15-4-2-3-5-16(15)18/h2-11H,1H3. The topological polar surface area (TPSA) is 48.3 Å². The first-order valence-electron chi connectivity index (χ1n) is 6.54. The molecule has 4 nitrogen and oxygen atoms in total. The quantitative estimate of drug-likeness (QED) is 0.535. The van der Waals surface area contributed by atoms with Crippen molar-refractivity contribution in [2.75, 3.05) is 0 Å². The molecule has 21 heavy (non-hydrogen) atoms. The van der Waals surface area contributed by atoms with E-state index in [1.807, 2.05) is 34.9 Å². The van der Waals surface area contributed by atoms with Crippen molar-refractivity contribution in [3.05, 3.63) is 71.0 Å². The number of rotatable bonds is 2. The largest absolute Gasteiger partial charge is 0.427 e. The SMILES string of the molecule is CC(=O)Oc1ccc(-n2ccc(=O)c3ccccc32)cc1. The molecule has 1 heterocycles. The van der Waals surface area contributed by atoms with E-state index in [0.29, 0.717) is 11.1 Å². The predicted molar refractivity (Wildman–Crippen MR) is 80.9 cm³/mol. The number of ether oxygens (including phenoxy) is 1. The summed E-state index contributed by atoms with van der Waals surface area (Å²) in [6, 6.07) is 16.1. The first-order valence-corrected chi connectivity index (χ1v) is 6.54. The zero-order valence-electron chi connectivity index (χ0n) is 11.4. The van der Waals surface area contributed by atoms with Crippen LogP contribution >= 0.6 is 0 Å². The third-order valence-electron chi connectivity index (χ3n) is 3.18. The molecule has 3 aromatic rings. The van der Waals surface area contributed by atoms with E-state index >= 15 is 0 Å². The van der Waals surface area contributed by atoms with Crippen LogP contribution in [0.5, 0.6) is 5.75 Å². The number of hydrogen-bond acceptors (Lipinski definition) is 3. The minimum atomic E-state index is -0.350. The normalized spacial score (nSPS) is 10.5. The van der Waals surface area contributed by atoms with Crippen LogP contribution in [0.15, 0.2) is 65.6 Å². The molecule has 0 atom stereocenters. The molecule has 0 radical (unpaired) electrons. The van der Waals surface area contributed by atoms with Gasteiger partial charge in [0.1, 0.15) is 5.75 Å². The number of pyridine rings is 1. The Labute approximate surface area is 121 Å². The van der Waals surface area contributed by atoms with E-state index in [2.05, 4.69) is 0 Å². The number of nitrogens with zero attached hydrogens (tertiary/aromatic N) is 1. The molecule has 4 heteroatoms. The Hall–Kier alpha value is -2.88. The lowest BCUT2D eigenvalue weighted by molar-refractivity contribution is -0.131. The summed E-state index contributed by atoms with van der Waals surface area (Å²) in [6.07, 6.45) is 1.74. The molecule has 2 aromatic carbocycles. The second-order valence-corrected chi connectivity index (χ2v) is 4.65. The van der Waals surface area contributed by atoms with Gasteiger partial charge in [-0.3, -0.25) is 9.59 Å². The second-order valence-electron chi connectivity index (χ2n) is 4.65. The second kappa shape index (κ2) is 5.25. The molecule has 0 N–H and O–H groups in total. The summed E-state index contributed by atoms with van der Waals surface area (Å²) in [5.74, 6) is 0.146. The van der Waals surface area contributed by atoms with Crippen LogP contribution in [0.25, 0.3) is 16.6 Å². The summed E-state index contributed by atoms with van der Waals surface area (Å²) in [5.41, 5.74) is 1.73. The minimum absolute atomic E-state index is 0.00150. The number of aromatic nitrogens is 1. The van der Waals surface area contributed by atoms with Crippen molar-refractivity contribution in [1.82, 2.24) is 4.57 Å². The molecular weight excluding hydrogens is 266 g/mol. The summed E-state index contributed by atoms with van der Waals surface area (Å²) in [6.45, 7) is 1.36. The Morgan fingerprint density at radius 3 is 2.43 bits per heavy atom. The number of carbonyl (C=O) groups excluding carboxylic acids is 1. The molecule has 0 aliphatic heterocycles. The zero-order chi connectivity index (χ0) is 14.8. The highest BCUT2D eigenvalue weighted by molar-refractivity contribution is 5.80. The summed E-state index contributed by atoms with van der Waals surface area (Å²) < 4.78 is 6.94. The number of fused-ring (bicyclic) bond motifs is 1. The summed E-state index contributed by atoms with van der Waals surface area (Å²) >= 11 is 0. The van der Waals surface area contributed by atoms with Crippen LogP contribution in [0.2, 0.25) is 0 Å². The smallest absolute Gasteiger partial charge is 0.308 e. The van der Waals surface area contributed by atoms with E-state index < -0.39 is 0 Å². The van der Waals surface area contributed by atoms with Gasteiger partial charge >= 0.3 is 5.97 Å². The Morgan fingerprint density at radius 1 is 1.00 bits per heavy atom. The average molecular weight is 279 g/mol. The van der Waals surface area contributed by atoms with Crippen molar-refractivity contribution in [2.24, 2.45) is 0 Å². The average Bonchev–Trinajstić information content (AvgIpc) is 2.48. The van der Waals surface area contributed by atoms with E-state index in [1.54, 1.807) is 30.5 Å². The maximum atomic E-state index is 11.9. The molecular formula is C17H13NO3. The fraction of sp³-hybridized carbons (Fsp3) is 0.0588. The van der Waals surface area contributed by atoms with Crippen LogP contribution < -0.4 is 10.2 Å². The van der Waals surface area contributed by atoms with Gasteiger partial charge in [-0.05, 0) is 36.4 Å². The zero-order valence-corrected chi connectivity index (χ0v) is 11.4. The maximum Gasteiger partial charge on any atom is 0.308 e. The van der Waals surface area contributed by atoms with E-state index in [4.69, 9.17) is 4.74 Å². The fourth-order valence-corrected chi connectivity index (χ4v) is 2.27. The monoisotopic (exact) mass is 279 g/mol. The first-order chi connectivity index (χ1) is 10.1. The Kier molecular flexibility index (Phi) is 3.28. The lowest BCUT2D eigenvalue weighted by Gasteiger charge is -2.11. The predicted octanol–water partition coefficient (Wildman–Crippen LogP) is 2.92. The molecule has 0 unspecified atom stereocenters. The van der Waals surface area contributed by atoms with Gasteiger partial charge < -0.3 is 9.30 Å². The molecule has 0 saturated heterocycles. The molecule has 3 rings (SSSR count). The van der Waals surface area contributed by atoms with Crippen molar-refractivity contribution >= 4 is 16.9 Å². The Morgan fingerprint density at radius 2 is 1.71 bits per heavy atom. The molecule has 0 spiro atoms. The fourth-order valence-electron chi connectivity index (χ4n) is 2.27. The highest BCUT2D eigenvalue weighted by Gasteiger charge is 2.04. The third-order valence-corrected chi connectivity index (χ3v) is 3.18. The number of carbonyl (C=O) groups is 1. The van der Waals surface area contributed by atoms with Gasteiger partial charge in [0.2, 0.25) is 0 Å². The molecule has 0 aliphatic carbocycles. The molecule has 0 amide bonds. The van der Waals surface area contributed by atoms with Gasteiger partial charge in [-0.2, -0.15) is 0 Å². The van der Waals surface area contributed by atoms with Crippen molar-refractivity contribution < 1.29 is 9.53 Å². The van der Waals surface area contributed by atoms with Crippen LogP contribution in [-0.4, -0.2) is 10.5 Å². The highest BCUT2D eigenvalue weighted by atomic mass is 16.5. The number of hydrogen-bond donors (Lipinski definition) is 0. The number of benzene rings is 2. The van der Waals surface area contributed by atoms with Crippen LogP contribution in [0, 0.1) is 0 Å². The molecule has 104 valence electrons. The maximum absolute atomic E-state index is 11.9. The van der Waals surface area contributed by atoms with Crippen molar-refractivity contribution in [1.29, 1.82) is 0 Å². The van der Waals surface area contributed by atoms with Gasteiger partial charge in [0.05, 0.1) is 5.52 Å². The molecule has 0 aliphatic rings. The number of esters is 1. The Bertz CT molecular complexity index is 863. The molecule has 1 aromatic heterocycles. The van der Waals surface area contributed by atoms with Gasteiger partial charge in [0.25, 0.3) is 0 Å². The van der Waals surface area contributed by atoms with Crippen molar-refractivity contribution in [3.63, 3.8) is 0 Å². The van der Waals surface area contributed by atoms with Gasteiger partial charge in [-0.1, -0.05) is 12.1 Å². The lowest BCUT2D eigenvalue weighted by atomic mass is 10.2. The van der Waals surface area contributed by atoms with Crippen LogP contribution in [0.1, 0.15) is 6.92 Å². The van der Waals surface area contributed by atoms with Crippen molar-refractivity contribution in [2.45, 2.75) is 6.92 Å². The van der Waals surface area contributed by atoms with E-state index in [0.717, 1.165) is 11.2 Å². The molecule has 0 bridgehead atoms. The molecule has 0 fully saturated rings. The van der Waals surface area contributed by atoms with Crippen LogP contribution in [-0.2, 0) is 4.79 Å². The van der Waals surface area contributed by atoms with E-state index in [-0.39, 0.29) is 11.4 Å². The Balaban J connectivity index is 2.10. The number of para-hydroxylation sites is 1. The van der Waals surface area contributed by atoms with Crippen LogP contribution in [0.3, 0.4) is 0 Å². The van der Waals surface area contributed by atoms with Gasteiger partial charge in [-0.15, -0.1) is 0 Å². The van der Waals surface area contributed by atoms with Gasteiger partial charge in [-0.25, -0.2) is 0 Å². The molecule has 0 saturated carbocycles. The summed E-state index contributed by atoms with van der Waals surface area (Å²) in [5, 5.41) is 0.670. The lowest BCUT2D eigenvalue weighted by Crippen LogP contribution is -2.06. The van der Waals surface area contributed by atoms with Gasteiger partial charge in [0.15, 0.2) is 5.43 Å². The minimum Gasteiger partial charge on any atom is -0.427 e. The van der Waals surface area contributed by atoms with Crippen LogP contribution in [0.4, 0.5) is 0 Å². The summed E-state index contributed by atoms with van der Waals surface area (Å²) in [7, 11) is 0. The van der Waals surface area contributed by atoms with E-state index in [9.17, 15) is 9.59 Å². The van der Waals surface area contributed by atoms with Gasteiger partial charge in [0, 0.05) is 30.3 Å². The first kappa shape index (κ1) is 13.1.